The number of rotatable bonds is 9. The molecule has 0 aromatic carbocycles. The average Bonchev–Trinajstić information content (AvgIpc) is 2.65. The van der Waals surface area contributed by atoms with Crippen LogP contribution in [0.15, 0.2) is 0 Å². The Morgan fingerprint density at radius 1 is 0.880 bits per heavy atom. The zero-order chi connectivity index (χ0) is 20.2. The molecule has 25 heavy (non-hydrogen) atoms. The summed E-state index contributed by atoms with van der Waals surface area (Å²) in [5.74, 6) is -0.831. The molecule has 8 heteroatoms. The third kappa shape index (κ3) is 9.15. The highest BCUT2D eigenvalue weighted by Crippen LogP contribution is 2.13. The second-order valence-electron chi connectivity index (χ2n) is 5.77. The van der Waals surface area contributed by atoms with Crippen molar-refractivity contribution in [1.82, 2.24) is 10.1 Å². The molecule has 0 rings (SSSR count). The van der Waals surface area contributed by atoms with Crippen molar-refractivity contribution < 1.29 is 29.1 Å². The maximum atomic E-state index is 11.6. The number of hydrogen-bond donors (Lipinski definition) is 1. The zero-order valence-electron chi connectivity index (χ0n) is 17.1. The Bertz CT molecular complexity index is 376. The third-order valence-corrected chi connectivity index (χ3v) is 4.21. The Labute approximate surface area is 151 Å². The second-order valence-corrected chi connectivity index (χ2v) is 5.77. The van der Waals surface area contributed by atoms with Gasteiger partial charge in [-0.15, -0.1) is 0 Å². The van der Waals surface area contributed by atoms with Crippen LogP contribution in [0, 0.1) is 11.8 Å². The van der Waals surface area contributed by atoms with E-state index >= 15 is 0 Å². The van der Waals surface area contributed by atoms with Gasteiger partial charge >= 0.3 is 0 Å². The maximum absolute atomic E-state index is 11.6. The van der Waals surface area contributed by atoms with E-state index in [2.05, 4.69) is 0 Å². The van der Waals surface area contributed by atoms with Gasteiger partial charge in [0.25, 0.3) is 11.8 Å². The molecule has 0 aliphatic carbocycles. The van der Waals surface area contributed by atoms with E-state index in [1.165, 1.54) is 26.3 Å². The minimum Gasteiger partial charge on any atom is -0.392 e. The van der Waals surface area contributed by atoms with Crippen molar-refractivity contribution in [3.05, 3.63) is 0 Å². The fourth-order valence-corrected chi connectivity index (χ4v) is 2.15. The van der Waals surface area contributed by atoms with Gasteiger partial charge in [-0.05, 0) is 12.8 Å². The molecule has 0 saturated carbocycles. The number of hydroxylamine groups is 4. The van der Waals surface area contributed by atoms with E-state index in [1.807, 2.05) is 20.8 Å². The van der Waals surface area contributed by atoms with Crippen LogP contribution in [-0.4, -0.2) is 74.7 Å². The van der Waals surface area contributed by atoms with Crippen LogP contribution in [0.3, 0.4) is 0 Å². The number of aliphatic hydroxyl groups is 1. The van der Waals surface area contributed by atoms with Gasteiger partial charge in [0.2, 0.25) is 0 Å². The summed E-state index contributed by atoms with van der Waals surface area (Å²) in [5, 5.41) is 11.7. The Hall–Kier alpha value is -1.22. The number of carbonyl (C=O) groups is 2. The molecule has 0 aromatic heterocycles. The average molecular weight is 364 g/mol. The van der Waals surface area contributed by atoms with E-state index in [4.69, 9.17) is 14.4 Å². The predicted molar refractivity (Wildman–Crippen MR) is 95.3 cm³/mol. The van der Waals surface area contributed by atoms with Crippen molar-refractivity contribution >= 4 is 11.8 Å². The van der Waals surface area contributed by atoms with Crippen molar-refractivity contribution in [2.45, 2.75) is 52.7 Å². The molecule has 0 fully saturated rings. The van der Waals surface area contributed by atoms with E-state index in [9.17, 15) is 14.7 Å². The number of methoxy groups -OCH3 is 1. The van der Waals surface area contributed by atoms with Gasteiger partial charge in [-0.25, -0.2) is 10.1 Å². The lowest BCUT2D eigenvalue weighted by molar-refractivity contribution is -0.177. The molecule has 0 unspecified atom stereocenters. The molecule has 0 saturated heterocycles. The van der Waals surface area contributed by atoms with Gasteiger partial charge in [-0.2, -0.15) is 0 Å². The predicted octanol–water partition coefficient (Wildman–Crippen LogP) is 1.48. The molecule has 0 spiro atoms. The Kier molecular flexibility index (Phi) is 14.6. The van der Waals surface area contributed by atoms with Crippen molar-refractivity contribution in [2.24, 2.45) is 11.8 Å². The lowest BCUT2D eigenvalue weighted by atomic mass is 10.0. The Morgan fingerprint density at radius 3 is 1.56 bits per heavy atom. The van der Waals surface area contributed by atoms with Crippen molar-refractivity contribution in [3.8, 4) is 0 Å². The minimum absolute atomic E-state index is 0.0369. The van der Waals surface area contributed by atoms with Crippen LogP contribution in [0.5, 0.6) is 0 Å². The van der Waals surface area contributed by atoms with Gasteiger partial charge in [-0.1, -0.05) is 27.7 Å². The number of carbonyl (C=O) groups excluding carboxylic acids is 2. The summed E-state index contributed by atoms with van der Waals surface area (Å²) in [5.41, 5.74) is 0. The summed E-state index contributed by atoms with van der Waals surface area (Å²) in [4.78, 5) is 32.4. The Balaban J connectivity index is 0. The summed E-state index contributed by atoms with van der Waals surface area (Å²) >= 11 is 0. The van der Waals surface area contributed by atoms with Gasteiger partial charge < -0.3 is 9.84 Å². The summed E-state index contributed by atoms with van der Waals surface area (Å²) < 4.78 is 5.17. The normalized spacial score (nSPS) is 15.3. The molecule has 8 nitrogen and oxygen atoms in total. The molecule has 0 aromatic rings. The molecular formula is C17H36N2O6. The first-order chi connectivity index (χ1) is 11.6. The molecule has 0 aliphatic heterocycles. The van der Waals surface area contributed by atoms with Crippen LogP contribution >= 0.6 is 0 Å². The standard InChI is InChI=1S/C9H19NO3.C8H17NO3/c1-6-8(12-4)7(2)9(11)10(3)13-5;1-5-7(10)6(2)8(11)9(3)12-4/h7-8H,6H2,1-5H3;6-7,10H,5H2,1-4H3/t7-,8+;6-,7+/m00/s1. The first-order valence-corrected chi connectivity index (χ1v) is 8.46. The zero-order valence-corrected chi connectivity index (χ0v) is 17.1. The number of nitrogens with zero attached hydrogens (tertiary/aromatic N) is 2. The number of hydrogen-bond acceptors (Lipinski definition) is 6. The summed E-state index contributed by atoms with van der Waals surface area (Å²) in [6, 6.07) is 0. The van der Waals surface area contributed by atoms with Crippen molar-refractivity contribution in [2.75, 3.05) is 35.4 Å². The molecule has 2 amide bonds. The fraction of sp³-hybridized carbons (Fsp3) is 0.882. The monoisotopic (exact) mass is 364 g/mol. The van der Waals surface area contributed by atoms with E-state index in [0.717, 1.165) is 11.5 Å². The highest BCUT2D eigenvalue weighted by Gasteiger charge is 2.25. The molecular weight excluding hydrogens is 328 g/mol. The number of ether oxygens (including phenoxy) is 1. The largest absolute Gasteiger partial charge is 0.392 e. The van der Waals surface area contributed by atoms with Crippen LogP contribution in [0.1, 0.15) is 40.5 Å². The van der Waals surface area contributed by atoms with E-state index < -0.39 is 12.0 Å². The maximum Gasteiger partial charge on any atom is 0.251 e. The fourth-order valence-electron chi connectivity index (χ4n) is 2.15. The first-order valence-electron chi connectivity index (χ1n) is 8.46. The SMILES string of the molecule is CC[C@@H](O)[C@H](C)C(=O)N(C)OC.CC[C@@H](OC)[C@H](C)C(=O)N(C)OC. The van der Waals surface area contributed by atoms with Gasteiger partial charge in [-0.3, -0.25) is 19.3 Å². The molecule has 1 N–H and O–H groups in total. The van der Waals surface area contributed by atoms with Crippen LogP contribution < -0.4 is 0 Å². The van der Waals surface area contributed by atoms with Gasteiger partial charge in [0.1, 0.15) is 0 Å². The van der Waals surface area contributed by atoms with E-state index in [-0.39, 0.29) is 23.8 Å². The van der Waals surface area contributed by atoms with Crippen LogP contribution in [-0.2, 0) is 24.0 Å². The lowest BCUT2D eigenvalue weighted by Crippen LogP contribution is -2.37. The van der Waals surface area contributed by atoms with E-state index in [0.29, 0.717) is 6.42 Å². The van der Waals surface area contributed by atoms with Gasteiger partial charge in [0.05, 0.1) is 38.3 Å². The topological polar surface area (TPSA) is 88.5 Å². The van der Waals surface area contributed by atoms with Crippen LogP contribution in [0.25, 0.3) is 0 Å². The van der Waals surface area contributed by atoms with Crippen LogP contribution in [0.4, 0.5) is 0 Å². The molecule has 0 radical (unpaired) electrons. The highest BCUT2D eigenvalue weighted by molar-refractivity contribution is 5.78. The van der Waals surface area contributed by atoms with Crippen molar-refractivity contribution in [3.63, 3.8) is 0 Å². The van der Waals surface area contributed by atoms with Crippen LogP contribution in [0.2, 0.25) is 0 Å². The smallest absolute Gasteiger partial charge is 0.251 e. The van der Waals surface area contributed by atoms with Gasteiger partial charge in [0, 0.05) is 21.2 Å². The summed E-state index contributed by atoms with van der Waals surface area (Å²) in [7, 11) is 7.63. The first kappa shape index (κ1) is 26.0. The van der Waals surface area contributed by atoms with Gasteiger partial charge in [0.15, 0.2) is 0 Å². The molecule has 0 aliphatic rings. The molecule has 0 bridgehead atoms. The van der Waals surface area contributed by atoms with Crippen molar-refractivity contribution in [1.29, 1.82) is 0 Å². The molecule has 4 atom stereocenters. The lowest BCUT2D eigenvalue weighted by Gasteiger charge is -2.24. The summed E-state index contributed by atoms with van der Waals surface area (Å²) in [6.07, 6.45) is 0.769. The third-order valence-electron chi connectivity index (χ3n) is 4.21. The molecule has 150 valence electrons. The number of amides is 2. The highest BCUT2D eigenvalue weighted by atomic mass is 16.7. The number of aliphatic hydroxyl groups excluding tert-OH is 1. The quantitative estimate of drug-likeness (QED) is 0.624. The minimum atomic E-state index is -0.588. The van der Waals surface area contributed by atoms with E-state index in [1.54, 1.807) is 21.1 Å². The Morgan fingerprint density at radius 2 is 1.28 bits per heavy atom. The summed E-state index contributed by atoms with van der Waals surface area (Å²) in [6.45, 7) is 7.35. The molecule has 0 heterocycles. The second kappa shape index (κ2) is 14.0.